The maximum absolute atomic E-state index is 9.79. The molecule has 1 fully saturated rings. The van der Waals surface area contributed by atoms with Gasteiger partial charge in [0.15, 0.2) is 12.1 Å². The van der Waals surface area contributed by atoms with E-state index in [4.69, 9.17) is 19.9 Å². The first-order valence-electron chi connectivity index (χ1n) is 6.71. The van der Waals surface area contributed by atoms with E-state index < -0.39 is 12.1 Å². The molecule has 1 aliphatic rings. The van der Waals surface area contributed by atoms with E-state index >= 15 is 0 Å². The van der Waals surface area contributed by atoms with E-state index in [1.165, 1.54) is 0 Å². The summed E-state index contributed by atoms with van der Waals surface area (Å²) in [6.45, 7) is 8.17. The van der Waals surface area contributed by atoms with Gasteiger partial charge >= 0.3 is 0 Å². The van der Waals surface area contributed by atoms with E-state index in [2.05, 4.69) is 0 Å². The summed E-state index contributed by atoms with van der Waals surface area (Å²) in [5.74, 6) is -0.625. The molecule has 108 valence electrons. The molecule has 0 aromatic heterocycles. The first-order valence-corrected chi connectivity index (χ1v) is 6.71. The number of hydrogen-bond acceptors (Lipinski definition) is 5. The summed E-state index contributed by atoms with van der Waals surface area (Å²) in [5, 5.41) is 9.79. The van der Waals surface area contributed by atoms with Crippen molar-refractivity contribution in [2.45, 2.75) is 77.3 Å². The number of aliphatic hydroxyl groups excluding tert-OH is 1. The lowest BCUT2D eigenvalue weighted by molar-refractivity contribution is -0.308. The molecule has 0 aliphatic carbocycles. The number of rotatable bonds is 6. The molecule has 0 radical (unpaired) electrons. The van der Waals surface area contributed by atoms with Gasteiger partial charge in [-0.25, -0.2) is 0 Å². The van der Waals surface area contributed by atoms with Crippen LogP contribution < -0.4 is 5.73 Å². The van der Waals surface area contributed by atoms with E-state index in [9.17, 15) is 5.11 Å². The van der Waals surface area contributed by atoms with Gasteiger partial charge in [0, 0.05) is 12.8 Å². The Hall–Kier alpha value is -0.200. The van der Waals surface area contributed by atoms with Gasteiger partial charge in [0.25, 0.3) is 0 Å². The Labute approximate surface area is 110 Å². The third-order valence-corrected chi connectivity index (χ3v) is 2.81. The predicted molar refractivity (Wildman–Crippen MR) is 69.0 cm³/mol. The molecular weight excluding hydrogens is 234 g/mol. The van der Waals surface area contributed by atoms with E-state index in [-0.39, 0.29) is 18.3 Å². The first kappa shape index (κ1) is 15.9. The summed E-state index contributed by atoms with van der Waals surface area (Å²) in [7, 11) is 0. The molecule has 1 rings (SSSR count). The Morgan fingerprint density at radius 2 is 1.94 bits per heavy atom. The van der Waals surface area contributed by atoms with Crippen molar-refractivity contribution in [2.24, 2.45) is 5.73 Å². The third-order valence-electron chi connectivity index (χ3n) is 2.81. The largest absolute Gasteiger partial charge is 0.368 e. The van der Waals surface area contributed by atoms with Crippen molar-refractivity contribution in [1.29, 1.82) is 0 Å². The molecule has 0 amide bonds. The Bertz CT molecular complexity index is 245. The Morgan fingerprint density at radius 1 is 1.33 bits per heavy atom. The lowest BCUT2D eigenvalue weighted by Gasteiger charge is -2.41. The first-order chi connectivity index (χ1) is 8.32. The average Bonchev–Trinajstić information content (AvgIpc) is 2.12. The van der Waals surface area contributed by atoms with Crippen LogP contribution in [0.3, 0.4) is 0 Å². The minimum Gasteiger partial charge on any atom is -0.368 e. The van der Waals surface area contributed by atoms with E-state index in [1.807, 2.05) is 27.7 Å². The standard InChI is InChI=1S/C13H27NO4/c1-9(2)16-12(15)8-11-7-10(5-6-14)17-13(3,4)18-11/h9-12,15H,5-8,14H2,1-4H3/t10-,11-,12?/m1/s1. The molecule has 3 atom stereocenters. The van der Waals surface area contributed by atoms with Gasteiger partial charge in [-0.3, -0.25) is 0 Å². The Balaban J connectivity index is 2.48. The number of aliphatic hydroxyl groups is 1. The van der Waals surface area contributed by atoms with Crippen molar-refractivity contribution in [3.05, 3.63) is 0 Å². The van der Waals surface area contributed by atoms with E-state index in [1.54, 1.807) is 0 Å². The van der Waals surface area contributed by atoms with Crippen LogP contribution in [-0.2, 0) is 14.2 Å². The molecule has 1 saturated heterocycles. The highest BCUT2D eigenvalue weighted by molar-refractivity contribution is 4.77. The van der Waals surface area contributed by atoms with Crippen molar-refractivity contribution in [3.63, 3.8) is 0 Å². The van der Waals surface area contributed by atoms with Gasteiger partial charge in [0.2, 0.25) is 0 Å². The number of nitrogens with two attached hydrogens (primary N) is 1. The SMILES string of the molecule is CC(C)OC(O)C[C@H]1C[C@@H](CCN)OC(C)(C)O1. The van der Waals surface area contributed by atoms with Gasteiger partial charge in [-0.15, -0.1) is 0 Å². The smallest absolute Gasteiger partial charge is 0.163 e. The molecule has 0 spiro atoms. The zero-order chi connectivity index (χ0) is 13.8. The van der Waals surface area contributed by atoms with Crippen LogP contribution in [0.4, 0.5) is 0 Å². The summed E-state index contributed by atoms with van der Waals surface area (Å²) in [4.78, 5) is 0. The van der Waals surface area contributed by atoms with Crippen molar-refractivity contribution < 1.29 is 19.3 Å². The van der Waals surface area contributed by atoms with Gasteiger partial charge < -0.3 is 25.1 Å². The summed E-state index contributed by atoms with van der Waals surface area (Å²) in [6, 6.07) is 0. The van der Waals surface area contributed by atoms with Crippen LogP contribution in [0.15, 0.2) is 0 Å². The van der Waals surface area contributed by atoms with Gasteiger partial charge in [-0.05, 0) is 40.7 Å². The highest BCUT2D eigenvalue weighted by Gasteiger charge is 2.36. The normalized spacial score (nSPS) is 29.5. The van der Waals surface area contributed by atoms with E-state index in [0.717, 1.165) is 12.8 Å². The molecule has 3 N–H and O–H groups in total. The summed E-state index contributed by atoms with van der Waals surface area (Å²) in [6.07, 6.45) is 1.28. The van der Waals surface area contributed by atoms with Crippen LogP contribution in [0.5, 0.6) is 0 Å². The van der Waals surface area contributed by atoms with Gasteiger partial charge in [0.05, 0.1) is 18.3 Å². The summed E-state index contributed by atoms with van der Waals surface area (Å²) >= 11 is 0. The van der Waals surface area contributed by atoms with Crippen molar-refractivity contribution in [2.75, 3.05) is 6.54 Å². The topological polar surface area (TPSA) is 73.9 Å². The maximum Gasteiger partial charge on any atom is 0.163 e. The molecule has 1 aliphatic heterocycles. The van der Waals surface area contributed by atoms with E-state index in [0.29, 0.717) is 13.0 Å². The minimum atomic E-state index is -0.789. The fourth-order valence-corrected chi connectivity index (χ4v) is 2.32. The minimum absolute atomic E-state index is 0.00712. The van der Waals surface area contributed by atoms with Gasteiger partial charge in [-0.1, -0.05) is 0 Å². The summed E-state index contributed by atoms with van der Waals surface area (Å²) < 4.78 is 16.9. The monoisotopic (exact) mass is 261 g/mol. The van der Waals surface area contributed by atoms with Gasteiger partial charge in [-0.2, -0.15) is 0 Å². The molecule has 0 saturated carbocycles. The second kappa shape index (κ2) is 6.82. The second-order valence-electron chi connectivity index (χ2n) is 5.57. The third kappa shape index (κ3) is 5.63. The lowest BCUT2D eigenvalue weighted by Crippen LogP contribution is -2.46. The van der Waals surface area contributed by atoms with Crippen LogP contribution in [0, 0.1) is 0 Å². The van der Waals surface area contributed by atoms with Crippen LogP contribution >= 0.6 is 0 Å². The maximum atomic E-state index is 9.79. The number of hydrogen-bond donors (Lipinski definition) is 2. The molecule has 0 bridgehead atoms. The van der Waals surface area contributed by atoms with Crippen LogP contribution in [-0.4, -0.2) is 42.0 Å². The van der Waals surface area contributed by atoms with Gasteiger partial charge in [0.1, 0.15) is 0 Å². The predicted octanol–water partition coefficient (Wildman–Crippen LogP) is 1.38. The highest BCUT2D eigenvalue weighted by Crippen LogP contribution is 2.30. The zero-order valence-corrected chi connectivity index (χ0v) is 11.9. The summed E-state index contributed by atoms with van der Waals surface area (Å²) in [5.41, 5.74) is 5.57. The second-order valence-corrected chi connectivity index (χ2v) is 5.57. The Morgan fingerprint density at radius 3 is 2.50 bits per heavy atom. The molecule has 0 aromatic rings. The molecule has 5 nitrogen and oxygen atoms in total. The van der Waals surface area contributed by atoms with Crippen molar-refractivity contribution >= 4 is 0 Å². The zero-order valence-electron chi connectivity index (χ0n) is 11.9. The molecule has 0 aromatic carbocycles. The highest BCUT2D eigenvalue weighted by atomic mass is 16.7. The molecular formula is C13H27NO4. The molecule has 1 heterocycles. The van der Waals surface area contributed by atoms with Crippen molar-refractivity contribution in [3.8, 4) is 0 Å². The van der Waals surface area contributed by atoms with Crippen LogP contribution in [0.2, 0.25) is 0 Å². The molecule has 18 heavy (non-hydrogen) atoms. The quantitative estimate of drug-likeness (QED) is 0.707. The average molecular weight is 261 g/mol. The van der Waals surface area contributed by atoms with Crippen LogP contribution in [0.1, 0.15) is 47.0 Å². The fourth-order valence-electron chi connectivity index (χ4n) is 2.32. The van der Waals surface area contributed by atoms with Crippen molar-refractivity contribution in [1.82, 2.24) is 0 Å². The van der Waals surface area contributed by atoms with Crippen LogP contribution in [0.25, 0.3) is 0 Å². The fraction of sp³-hybridized carbons (Fsp3) is 1.00. The molecule has 5 heteroatoms. The lowest BCUT2D eigenvalue weighted by atomic mass is 10.0. The Kier molecular flexibility index (Phi) is 6.01. The number of ether oxygens (including phenoxy) is 3. The molecule has 1 unspecified atom stereocenters.